The summed E-state index contributed by atoms with van der Waals surface area (Å²) in [4.78, 5) is 14.1. The van der Waals surface area contributed by atoms with Gasteiger partial charge in [0.05, 0.1) is 6.61 Å². The molecule has 2 rings (SSSR count). The summed E-state index contributed by atoms with van der Waals surface area (Å²) in [6.45, 7) is 2.02. The highest BCUT2D eigenvalue weighted by molar-refractivity contribution is 9.10. The lowest BCUT2D eigenvalue weighted by molar-refractivity contribution is -0.134. The van der Waals surface area contributed by atoms with Gasteiger partial charge in [-0.3, -0.25) is 4.79 Å². The SMILES string of the molecule is CN1CCOC(C(=O)Cc2cc(F)cc(Br)c2)C1. The van der Waals surface area contributed by atoms with Crippen LogP contribution in [0.25, 0.3) is 0 Å². The Morgan fingerprint density at radius 3 is 3.00 bits per heavy atom. The molecule has 5 heteroatoms. The van der Waals surface area contributed by atoms with Crippen LogP contribution in [0.2, 0.25) is 0 Å². The quantitative estimate of drug-likeness (QED) is 0.855. The first kappa shape index (κ1) is 13.6. The van der Waals surface area contributed by atoms with Crippen LogP contribution in [0.15, 0.2) is 22.7 Å². The van der Waals surface area contributed by atoms with Gasteiger partial charge >= 0.3 is 0 Å². The Hall–Kier alpha value is -0.780. The Bertz CT molecular complexity index is 432. The van der Waals surface area contributed by atoms with Crippen molar-refractivity contribution < 1.29 is 13.9 Å². The number of carbonyl (C=O) groups is 1. The molecule has 1 atom stereocenters. The van der Waals surface area contributed by atoms with Crippen LogP contribution in [0.3, 0.4) is 0 Å². The monoisotopic (exact) mass is 315 g/mol. The molecule has 1 saturated heterocycles. The fraction of sp³-hybridized carbons (Fsp3) is 0.462. The zero-order valence-corrected chi connectivity index (χ0v) is 11.7. The Balaban J connectivity index is 2.02. The average molecular weight is 316 g/mol. The topological polar surface area (TPSA) is 29.5 Å². The van der Waals surface area contributed by atoms with Crippen molar-refractivity contribution in [2.24, 2.45) is 0 Å². The Morgan fingerprint density at radius 1 is 1.56 bits per heavy atom. The van der Waals surface area contributed by atoms with Crippen molar-refractivity contribution in [1.29, 1.82) is 0 Å². The highest BCUT2D eigenvalue weighted by Gasteiger charge is 2.24. The fourth-order valence-electron chi connectivity index (χ4n) is 2.00. The van der Waals surface area contributed by atoms with Gasteiger partial charge < -0.3 is 9.64 Å². The molecule has 1 aromatic rings. The highest BCUT2D eigenvalue weighted by Crippen LogP contribution is 2.16. The molecule has 1 unspecified atom stereocenters. The number of morpholine rings is 1. The van der Waals surface area contributed by atoms with Crippen molar-refractivity contribution in [3.8, 4) is 0 Å². The number of nitrogens with zero attached hydrogens (tertiary/aromatic N) is 1. The fourth-order valence-corrected chi connectivity index (χ4v) is 2.51. The maximum absolute atomic E-state index is 13.2. The van der Waals surface area contributed by atoms with Gasteiger partial charge in [-0.1, -0.05) is 15.9 Å². The lowest BCUT2D eigenvalue weighted by atomic mass is 10.0. The van der Waals surface area contributed by atoms with Crippen molar-refractivity contribution in [3.05, 3.63) is 34.1 Å². The standard InChI is InChI=1S/C13H15BrFNO2/c1-16-2-3-18-13(8-16)12(17)6-9-4-10(14)7-11(15)5-9/h4-5,7,13H,2-3,6,8H2,1H3. The third kappa shape index (κ3) is 3.60. The first-order valence-electron chi connectivity index (χ1n) is 5.82. The molecule has 1 aromatic carbocycles. The van der Waals surface area contributed by atoms with E-state index in [0.29, 0.717) is 23.2 Å². The molecule has 3 nitrogen and oxygen atoms in total. The Kier molecular flexibility index (Phi) is 4.48. The van der Waals surface area contributed by atoms with E-state index in [1.54, 1.807) is 6.07 Å². The number of likely N-dealkylation sites (N-methyl/N-ethyl adjacent to an activating group) is 1. The van der Waals surface area contributed by atoms with Gasteiger partial charge in [0.25, 0.3) is 0 Å². The number of benzene rings is 1. The van der Waals surface area contributed by atoms with Crippen LogP contribution in [0, 0.1) is 5.82 Å². The van der Waals surface area contributed by atoms with Crippen molar-refractivity contribution in [1.82, 2.24) is 4.90 Å². The molecule has 0 aromatic heterocycles. The van der Waals surface area contributed by atoms with Crippen LogP contribution in [-0.4, -0.2) is 43.5 Å². The van der Waals surface area contributed by atoms with Gasteiger partial charge in [-0.2, -0.15) is 0 Å². The van der Waals surface area contributed by atoms with Gasteiger partial charge in [-0.15, -0.1) is 0 Å². The van der Waals surface area contributed by atoms with Crippen LogP contribution in [0.1, 0.15) is 5.56 Å². The summed E-state index contributed by atoms with van der Waals surface area (Å²) in [6.07, 6.45) is -0.194. The van der Waals surface area contributed by atoms with E-state index in [1.165, 1.54) is 12.1 Å². The van der Waals surface area contributed by atoms with E-state index in [4.69, 9.17) is 4.74 Å². The molecule has 0 radical (unpaired) electrons. The second-order valence-electron chi connectivity index (χ2n) is 4.54. The van der Waals surface area contributed by atoms with Crippen molar-refractivity contribution in [3.63, 3.8) is 0 Å². The highest BCUT2D eigenvalue weighted by atomic mass is 79.9. The van der Waals surface area contributed by atoms with Gasteiger partial charge in [-0.05, 0) is 30.8 Å². The molecule has 1 fully saturated rings. The molecule has 0 amide bonds. The lowest BCUT2D eigenvalue weighted by Crippen LogP contribution is -2.44. The summed E-state index contributed by atoms with van der Waals surface area (Å²) in [7, 11) is 1.96. The third-order valence-corrected chi connectivity index (χ3v) is 3.39. The van der Waals surface area contributed by atoms with Crippen LogP contribution >= 0.6 is 15.9 Å². The number of hydrogen-bond donors (Lipinski definition) is 0. The molecule has 0 N–H and O–H groups in total. The number of ether oxygens (including phenoxy) is 1. The van der Waals surface area contributed by atoms with E-state index in [9.17, 15) is 9.18 Å². The number of hydrogen-bond acceptors (Lipinski definition) is 3. The summed E-state index contributed by atoms with van der Waals surface area (Å²) in [5, 5.41) is 0. The number of carbonyl (C=O) groups excluding carboxylic acids is 1. The molecule has 0 aliphatic carbocycles. The minimum atomic E-state index is -0.397. The molecule has 1 heterocycles. The van der Waals surface area contributed by atoms with E-state index >= 15 is 0 Å². The summed E-state index contributed by atoms with van der Waals surface area (Å²) >= 11 is 3.22. The molecule has 0 saturated carbocycles. The largest absolute Gasteiger partial charge is 0.368 e. The minimum absolute atomic E-state index is 0.000880. The molecule has 98 valence electrons. The molecule has 0 spiro atoms. The molecular formula is C13H15BrFNO2. The van der Waals surface area contributed by atoms with Crippen LogP contribution in [0.5, 0.6) is 0 Å². The first-order chi connectivity index (χ1) is 8.54. The normalized spacial score (nSPS) is 20.9. The second-order valence-corrected chi connectivity index (χ2v) is 5.46. The lowest BCUT2D eigenvalue weighted by Gasteiger charge is -2.29. The number of Topliss-reactive ketones (excluding diaryl/α,β-unsaturated/α-hetero) is 1. The van der Waals surface area contributed by atoms with Gasteiger partial charge in [0.1, 0.15) is 11.9 Å². The number of halogens is 2. The zero-order chi connectivity index (χ0) is 13.1. The molecular weight excluding hydrogens is 301 g/mol. The molecule has 1 aliphatic heterocycles. The third-order valence-electron chi connectivity index (χ3n) is 2.93. The van der Waals surface area contributed by atoms with E-state index in [0.717, 1.165) is 6.54 Å². The van der Waals surface area contributed by atoms with E-state index in [1.807, 2.05) is 7.05 Å². The van der Waals surface area contributed by atoms with Crippen LogP contribution < -0.4 is 0 Å². The van der Waals surface area contributed by atoms with Gasteiger partial charge in [0.2, 0.25) is 0 Å². The maximum atomic E-state index is 13.2. The average Bonchev–Trinajstić information content (AvgIpc) is 2.27. The number of ketones is 1. The summed E-state index contributed by atoms with van der Waals surface area (Å²) in [5.41, 5.74) is 0.670. The van der Waals surface area contributed by atoms with Gasteiger partial charge in [0, 0.05) is 24.0 Å². The zero-order valence-electron chi connectivity index (χ0n) is 10.2. The minimum Gasteiger partial charge on any atom is -0.368 e. The van der Waals surface area contributed by atoms with Crippen LogP contribution in [-0.2, 0) is 16.0 Å². The molecule has 1 aliphatic rings. The van der Waals surface area contributed by atoms with Crippen molar-refractivity contribution in [2.75, 3.05) is 26.7 Å². The smallest absolute Gasteiger partial charge is 0.167 e. The first-order valence-corrected chi connectivity index (χ1v) is 6.62. The second kappa shape index (κ2) is 5.91. The van der Waals surface area contributed by atoms with Gasteiger partial charge in [0.15, 0.2) is 5.78 Å². The Morgan fingerprint density at radius 2 is 2.33 bits per heavy atom. The van der Waals surface area contributed by atoms with Crippen molar-refractivity contribution >= 4 is 21.7 Å². The van der Waals surface area contributed by atoms with E-state index in [2.05, 4.69) is 20.8 Å². The van der Waals surface area contributed by atoms with E-state index in [-0.39, 0.29) is 18.0 Å². The van der Waals surface area contributed by atoms with Gasteiger partial charge in [-0.25, -0.2) is 4.39 Å². The predicted molar refractivity (Wildman–Crippen MR) is 70.0 cm³/mol. The maximum Gasteiger partial charge on any atom is 0.167 e. The summed E-state index contributed by atoms with van der Waals surface area (Å²) in [6, 6.07) is 4.52. The molecule has 0 bridgehead atoms. The summed E-state index contributed by atoms with van der Waals surface area (Å²) in [5.74, 6) is -0.340. The number of rotatable bonds is 3. The van der Waals surface area contributed by atoms with E-state index < -0.39 is 6.10 Å². The summed E-state index contributed by atoms with van der Waals surface area (Å²) < 4.78 is 19.3. The van der Waals surface area contributed by atoms with Crippen LogP contribution in [0.4, 0.5) is 4.39 Å². The molecule has 18 heavy (non-hydrogen) atoms. The predicted octanol–water partition coefficient (Wildman–Crippen LogP) is 2.03. The Labute approximate surface area is 114 Å². The van der Waals surface area contributed by atoms with Crippen molar-refractivity contribution in [2.45, 2.75) is 12.5 Å².